The first-order valence-electron chi connectivity index (χ1n) is 6.35. The van der Waals surface area contributed by atoms with Gasteiger partial charge in [-0.3, -0.25) is 4.79 Å². The number of tetrazole rings is 1. The molecule has 0 fully saturated rings. The molecule has 0 saturated carbocycles. The van der Waals surface area contributed by atoms with Crippen molar-refractivity contribution in [1.82, 2.24) is 25.1 Å². The van der Waals surface area contributed by atoms with Crippen LogP contribution in [0.3, 0.4) is 0 Å². The largest absolute Gasteiger partial charge is 0.337 e. The summed E-state index contributed by atoms with van der Waals surface area (Å²) in [5, 5.41) is 13.0. The highest BCUT2D eigenvalue weighted by atomic mass is 32.1. The number of hydrogen-bond donors (Lipinski definition) is 0. The predicted molar refractivity (Wildman–Crippen MR) is 79.3 cm³/mol. The molecule has 0 bridgehead atoms. The zero-order valence-electron chi connectivity index (χ0n) is 11.4. The summed E-state index contributed by atoms with van der Waals surface area (Å²) >= 11 is 1.65. The molecule has 0 radical (unpaired) electrons. The number of benzene rings is 1. The Hall–Kier alpha value is -2.54. The molecule has 0 unspecified atom stereocenters. The molecular formula is C14H13N5OS. The second-order valence-electron chi connectivity index (χ2n) is 4.54. The Bertz CT molecular complexity index is 706. The van der Waals surface area contributed by atoms with E-state index < -0.39 is 0 Å². The van der Waals surface area contributed by atoms with Gasteiger partial charge in [-0.05, 0) is 46.1 Å². The van der Waals surface area contributed by atoms with Gasteiger partial charge < -0.3 is 4.90 Å². The van der Waals surface area contributed by atoms with Crippen molar-refractivity contribution >= 4 is 17.2 Å². The molecule has 0 aliphatic heterocycles. The van der Waals surface area contributed by atoms with Crippen molar-refractivity contribution in [2.75, 3.05) is 7.05 Å². The van der Waals surface area contributed by atoms with Crippen molar-refractivity contribution in [3.05, 3.63) is 58.5 Å². The van der Waals surface area contributed by atoms with E-state index in [4.69, 9.17) is 0 Å². The number of amides is 1. The van der Waals surface area contributed by atoms with Crippen LogP contribution in [0.25, 0.3) is 5.69 Å². The van der Waals surface area contributed by atoms with Crippen molar-refractivity contribution in [1.29, 1.82) is 0 Å². The lowest BCUT2D eigenvalue weighted by Gasteiger charge is -2.16. The van der Waals surface area contributed by atoms with Crippen molar-refractivity contribution in [3.63, 3.8) is 0 Å². The average molecular weight is 299 g/mol. The number of thiophene rings is 1. The molecule has 1 amide bonds. The molecule has 2 heterocycles. The topological polar surface area (TPSA) is 63.9 Å². The fraction of sp³-hybridized carbons (Fsp3) is 0.143. The van der Waals surface area contributed by atoms with E-state index in [1.54, 1.807) is 40.1 Å². The molecule has 2 aromatic heterocycles. The molecular weight excluding hydrogens is 286 g/mol. The van der Waals surface area contributed by atoms with Crippen LogP contribution < -0.4 is 0 Å². The summed E-state index contributed by atoms with van der Waals surface area (Å²) in [6, 6.07) is 11.2. The minimum Gasteiger partial charge on any atom is -0.337 e. The van der Waals surface area contributed by atoms with Gasteiger partial charge in [-0.15, -0.1) is 16.4 Å². The molecule has 0 aliphatic rings. The summed E-state index contributed by atoms with van der Waals surface area (Å²) in [4.78, 5) is 15.2. The lowest BCUT2D eigenvalue weighted by molar-refractivity contribution is 0.0786. The van der Waals surface area contributed by atoms with Gasteiger partial charge >= 0.3 is 0 Å². The maximum Gasteiger partial charge on any atom is 0.253 e. The van der Waals surface area contributed by atoms with E-state index >= 15 is 0 Å². The Morgan fingerprint density at radius 1 is 1.29 bits per heavy atom. The predicted octanol–water partition coefficient (Wildman–Crippen LogP) is 2.00. The van der Waals surface area contributed by atoms with Crippen LogP contribution in [-0.2, 0) is 6.54 Å². The van der Waals surface area contributed by atoms with Crippen molar-refractivity contribution in [2.24, 2.45) is 0 Å². The summed E-state index contributed by atoms with van der Waals surface area (Å²) in [7, 11) is 1.80. The molecule has 0 spiro atoms. The third kappa shape index (κ3) is 2.97. The number of carbonyl (C=O) groups is 1. The maximum absolute atomic E-state index is 12.4. The van der Waals surface area contributed by atoms with Crippen molar-refractivity contribution in [3.8, 4) is 5.69 Å². The minimum atomic E-state index is -0.00772. The van der Waals surface area contributed by atoms with Gasteiger partial charge in [0, 0.05) is 17.5 Å². The van der Waals surface area contributed by atoms with Gasteiger partial charge in [0.2, 0.25) is 0 Å². The zero-order chi connectivity index (χ0) is 14.7. The van der Waals surface area contributed by atoms with E-state index in [1.165, 1.54) is 6.33 Å². The monoisotopic (exact) mass is 299 g/mol. The third-order valence-corrected chi connectivity index (χ3v) is 3.91. The van der Waals surface area contributed by atoms with Gasteiger partial charge in [-0.1, -0.05) is 6.07 Å². The average Bonchev–Trinajstić information content (AvgIpc) is 3.20. The molecule has 0 N–H and O–H groups in total. The smallest absolute Gasteiger partial charge is 0.253 e. The SMILES string of the molecule is CN(Cc1cccs1)C(=O)c1ccc(-n2cnnn2)cc1. The van der Waals surface area contributed by atoms with Gasteiger partial charge in [0.1, 0.15) is 6.33 Å². The van der Waals surface area contributed by atoms with E-state index in [0.29, 0.717) is 12.1 Å². The lowest BCUT2D eigenvalue weighted by atomic mass is 10.2. The first kappa shape index (κ1) is 13.4. The molecule has 3 rings (SSSR count). The van der Waals surface area contributed by atoms with Crippen LogP contribution >= 0.6 is 11.3 Å². The minimum absolute atomic E-state index is 0.00772. The van der Waals surface area contributed by atoms with Crippen molar-refractivity contribution < 1.29 is 4.79 Å². The fourth-order valence-corrected chi connectivity index (χ4v) is 2.72. The number of carbonyl (C=O) groups excluding carboxylic acids is 1. The van der Waals surface area contributed by atoms with Gasteiger partial charge in [-0.25, -0.2) is 4.68 Å². The van der Waals surface area contributed by atoms with E-state index in [0.717, 1.165) is 10.6 Å². The van der Waals surface area contributed by atoms with Gasteiger partial charge in [0.05, 0.1) is 12.2 Å². The Labute approximate surface area is 125 Å². The summed E-state index contributed by atoms with van der Waals surface area (Å²) < 4.78 is 1.55. The molecule has 0 saturated heterocycles. The standard InChI is InChI=1S/C14H13N5OS/c1-18(9-13-3-2-8-21-13)14(20)11-4-6-12(7-5-11)19-10-15-16-17-19/h2-8,10H,9H2,1H3. The molecule has 6 nitrogen and oxygen atoms in total. The van der Waals surface area contributed by atoms with Crippen LogP contribution in [0.2, 0.25) is 0 Å². The Morgan fingerprint density at radius 2 is 2.10 bits per heavy atom. The molecule has 0 aliphatic carbocycles. The third-order valence-electron chi connectivity index (χ3n) is 3.05. The molecule has 0 atom stereocenters. The molecule has 1 aromatic carbocycles. The first-order chi connectivity index (χ1) is 10.2. The van der Waals surface area contributed by atoms with Crippen LogP contribution in [-0.4, -0.2) is 38.1 Å². The highest BCUT2D eigenvalue weighted by Gasteiger charge is 2.12. The van der Waals surface area contributed by atoms with E-state index in [9.17, 15) is 4.79 Å². The number of aromatic nitrogens is 4. The normalized spacial score (nSPS) is 10.5. The van der Waals surface area contributed by atoms with Crippen LogP contribution in [0, 0.1) is 0 Å². The van der Waals surface area contributed by atoms with Gasteiger partial charge in [0.25, 0.3) is 5.91 Å². The summed E-state index contributed by atoms with van der Waals surface area (Å²) in [5.74, 6) is -0.00772. The van der Waals surface area contributed by atoms with Crippen LogP contribution in [0.1, 0.15) is 15.2 Å². The number of nitrogens with zero attached hydrogens (tertiary/aromatic N) is 5. The molecule has 3 aromatic rings. The Kier molecular flexibility index (Phi) is 3.74. The van der Waals surface area contributed by atoms with Crippen LogP contribution in [0.4, 0.5) is 0 Å². The highest BCUT2D eigenvalue weighted by Crippen LogP contribution is 2.14. The van der Waals surface area contributed by atoms with E-state index in [1.807, 2.05) is 29.6 Å². The van der Waals surface area contributed by atoms with Crippen molar-refractivity contribution in [2.45, 2.75) is 6.54 Å². The van der Waals surface area contributed by atoms with Crippen LogP contribution in [0.15, 0.2) is 48.1 Å². The lowest BCUT2D eigenvalue weighted by Crippen LogP contribution is -2.25. The van der Waals surface area contributed by atoms with Gasteiger partial charge in [-0.2, -0.15) is 0 Å². The Morgan fingerprint density at radius 3 is 2.71 bits per heavy atom. The Balaban J connectivity index is 1.72. The quantitative estimate of drug-likeness (QED) is 0.739. The molecule has 21 heavy (non-hydrogen) atoms. The second kappa shape index (κ2) is 5.84. The second-order valence-corrected chi connectivity index (χ2v) is 5.57. The zero-order valence-corrected chi connectivity index (χ0v) is 12.2. The van der Waals surface area contributed by atoms with E-state index in [-0.39, 0.29) is 5.91 Å². The summed E-state index contributed by atoms with van der Waals surface area (Å²) in [6.07, 6.45) is 1.51. The maximum atomic E-state index is 12.4. The number of rotatable bonds is 4. The number of hydrogen-bond acceptors (Lipinski definition) is 5. The first-order valence-corrected chi connectivity index (χ1v) is 7.23. The fourth-order valence-electron chi connectivity index (χ4n) is 1.96. The molecule has 106 valence electrons. The summed E-state index contributed by atoms with van der Waals surface area (Å²) in [5.41, 5.74) is 1.46. The highest BCUT2D eigenvalue weighted by molar-refractivity contribution is 7.09. The van der Waals surface area contributed by atoms with Crippen LogP contribution in [0.5, 0.6) is 0 Å². The van der Waals surface area contributed by atoms with Gasteiger partial charge in [0.15, 0.2) is 0 Å². The molecule has 7 heteroatoms. The summed E-state index contributed by atoms with van der Waals surface area (Å²) in [6.45, 7) is 0.616. The van der Waals surface area contributed by atoms with E-state index in [2.05, 4.69) is 15.5 Å².